The van der Waals surface area contributed by atoms with Gasteiger partial charge in [-0.3, -0.25) is 0 Å². The fraction of sp³-hybridized carbons (Fsp3) is 0.500. The molecule has 0 spiro atoms. The van der Waals surface area contributed by atoms with Crippen molar-refractivity contribution >= 4 is 21.4 Å². The van der Waals surface area contributed by atoms with Gasteiger partial charge >= 0.3 is 0 Å². The van der Waals surface area contributed by atoms with E-state index in [1.54, 1.807) is 12.1 Å². The first-order valence-corrected chi connectivity index (χ1v) is 7.84. The second-order valence-corrected chi connectivity index (χ2v) is 6.99. The quantitative estimate of drug-likeness (QED) is 0.911. The first-order chi connectivity index (χ1) is 8.49. The Bertz CT molecular complexity index is 495. The number of sulfone groups is 1. The third-order valence-electron chi connectivity index (χ3n) is 3.16. The van der Waals surface area contributed by atoms with Gasteiger partial charge in [-0.1, -0.05) is 11.6 Å². The number of rotatable bonds is 4. The number of halogens is 1. The first-order valence-electron chi connectivity index (χ1n) is 5.81. The summed E-state index contributed by atoms with van der Waals surface area (Å²) in [6.45, 7) is 1.22. The molecule has 2 atom stereocenters. The lowest BCUT2D eigenvalue weighted by molar-refractivity contribution is 0.182. The van der Waals surface area contributed by atoms with E-state index in [-0.39, 0.29) is 22.6 Å². The Labute approximate surface area is 112 Å². The molecular formula is C12H16ClNO3S. The molecule has 1 aromatic carbocycles. The highest BCUT2D eigenvalue weighted by atomic mass is 35.5. The van der Waals surface area contributed by atoms with E-state index >= 15 is 0 Å². The molecule has 0 aromatic heterocycles. The normalized spacial score (nSPS) is 22.0. The number of hydrogen-bond acceptors (Lipinski definition) is 4. The maximum Gasteiger partial charge on any atom is 0.179 e. The largest absolute Gasteiger partial charge is 0.381 e. The molecule has 1 saturated heterocycles. The van der Waals surface area contributed by atoms with Crippen LogP contribution in [-0.4, -0.2) is 33.4 Å². The Hall–Kier alpha value is -0.620. The van der Waals surface area contributed by atoms with E-state index in [0.29, 0.717) is 18.2 Å². The minimum absolute atomic E-state index is 0.0529. The molecule has 4 nitrogen and oxygen atoms in total. The second kappa shape index (κ2) is 5.57. The van der Waals surface area contributed by atoms with Gasteiger partial charge in [-0.15, -0.1) is 0 Å². The van der Waals surface area contributed by atoms with Gasteiger partial charge in [0.05, 0.1) is 17.3 Å². The summed E-state index contributed by atoms with van der Waals surface area (Å²) in [5, 5.41) is 0.516. The fourth-order valence-electron chi connectivity index (χ4n) is 2.02. The molecule has 1 aliphatic heterocycles. The van der Waals surface area contributed by atoms with Gasteiger partial charge in [0.2, 0.25) is 0 Å². The smallest absolute Gasteiger partial charge is 0.179 e. The summed E-state index contributed by atoms with van der Waals surface area (Å²) in [7, 11) is -3.35. The monoisotopic (exact) mass is 289 g/mol. The van der Waals surface area contributed by atoms with Gasteiger partial charge in [0.25, 0.3) is 0 Å². The minimum atomic E-state index is -3.35. The predicted molar refractivity (Wildman–Crippen MR) is 70.4 cm³/mol. The van der Waals surface area contributed by atoms with Crippen LogP contribution in [0.3, 0.4) is 0 Å². The maximum absolute atomic E-state index is 12.1. The number of nitrogens with two attached hydrogens (primary N) is 1. The Morgan fingerprint density at radius 2 is 2.06 bits per heavy atom. The van der Waals surface area contributed by atoms with Crippen molar-refractivity contribution in [1.82, 2.24) is 0 Å². The minimum Gasteiger partial charge on any atom is -0.381 e. The average Bonchev–Trinajstić information content (AvgIpc) is 2.82. The molecule has 2 N–H and O–H groups in total. The average molecular weight is 290 g/mol. The van der Waals surface area contributed by atoms with E-state index in [0.717, 1.165) is 6.42 Å². The molecular weight excluding hydrogens is 274 g/mol. The van der Waals surface area contributed by atoms with Crippen LogP contribution in [0.15, 0.2) is 29.2 Å². The summed E-state index contributed by atoms with van der Waals surface area (Å²) in [5.41, 5.74) is 5.95. The molecule has 1 aromatic rings. The number of hydrogen-bond donors (Lipinski definition) is 1. The zero-order valence-corrected chi connectivity index (χ0v) is 11.5. The van der Waals surface area contributed by atoms with Crippen molar-refractivity contribution in [1.29, 1.82) is 0 Å². The van der Waals surface area contributed by atoms with Crippen LogP contribution in [0.2, 0.25) is 5.02 Å². The molecule has 1 heterocycles. The van der Waals surface area contributed by atoms with Crippen LogP contribution >= 0.6 is 11.6 Å². The van der Waals surface area contributed by atoms with Crippen LogP contribution in [0.4, 0.5) is 0 Å². The highest BCUT2D eigenvalue weighted by molar-refractivity contribution is 7.91. The molecule has 1 fully saturated rings. The van der Waals surface area contributed by atoms with E-state index in [1.807, 2.05) is 0 Å². The summed E-state index contributed by atoms with van der Waals surface area (Å²) in [4.78, 5) is 0.265. The van der Waals surface area contributed by atoms with Gasteiger partial charge in [0.1, 0.15) is 0 Å². The van der Waals surface area contributed by atoms with E-state index in [2.05, 4.69) is 0 Å². The lowest BCUT2D eigenvalue weighted by Gasteiger charge is -2.17. The van der Waals surface area contributed by atoms with E-state index < -0.39 is 9.84 Å². The van der Waals surface area contributed by atoms with Crippen molar-refractivity contribution in [3.05, 3.63) is 29.3 Å². The lowest BCUT2D eigenvalue weighted by atomic mass is 10.0. The molecule has 6 heteroatoms. The summed E-state index contributed by atoms with van der Waals surface area (Å²) in [6.07, 6.45) is 0.831. The van der Waals surface area contributed by atoms with Gasteiger partial charge in [-0.25, -0.2) is 8.42 Å². The molecule has 0 aliphatic carbocycles. The van der Waals surface area contributed by atoms with E-state index in [9.17, 15) is 8.42 Å². The Morgan fingerprint density at radius 3 is 2.61 bits per heavy atom. The Morgan fingerprint density at radius 1 is 1.39 bits per heavy atom. The first kappa shape index (κ1) is 13.8. The molecule has 0 bridgehead atoms. The predicted octanol–water partition coefficient (Wildman–Crippen LogP) is 1.48. The van der Waals surface area contributed by atoms with Crippen molar-refractivity contribution in [3.8, 4) is 0 Å². The molecule has 1 aliphatic rings. The van der Waals surface area contributed by atoms with Crippen LogP contribution in [0, 0.1) is 5.92 Å². The fourth-order valence-corrected chi connectivity index (χ4v) is 3.67. The molecule has 100 valence electrons. The SMILES string of the molecule is NC(CS(=O)(=O)c1ccc(Cl)cc1)C1CCOC1. The van der Waals surface area contributed by atoms with Crippen molar-refractivity contribution in [2.45, 2.75) is 17.4 Å². The summed E-state index contributed by atoms with van der Waals surface area (Å²) < 4.78 is 29.5. The van der Waals surface area contributed by atoms with Gasteiger partial charge in [0.15, 0.2) is 9.84 Å². The summed E-state index contributed by atoms with van der Waals surface area (Å²) in [5.74, 6) is 0.0786. The van der Waals surface area contributed by atoms with Gasteiger partial charge in [0, 0.05) is 23.6 Å². The third kappa shape index (κ3) is 3.23. The molecule has 2 unspecified atom stereocenters. The summed E-state index contributed by atoms with van der Waals surface area (Å²) >= 11 is 5.74. The van der Waals surface area contributed by atoms with Gasteiger partial charge in [-0.2, -0.15) is 0 Å². The molecule has 0 amide bonds. The molecule has 0 saturated carbocycles. The van der Waals surface area contributed by atoms with Crippen molar-refractivity contribution in [2.75, 3.05) is 19.0 Å². The van der Waals surface area contributed by atoms with Gasteiger partial charge < -0.3 is 10.5 Å². The Balaban J connectivity index is 2.09. The van der Waals surface area contributed by atoms with Crippen LogP contribution in [-0.2, 0) is 14.6 Å². The van der Waals surface area contributed by atoms with Crippen molar-refractivity contribution in [3.63, 3.8) is 0 Å². The zero-order valence-electron chi connectivity index (χ0n) is 9.88. The zero-order chi connectivity index (χ0) is 13.2. The molecule has 0 radical (unpaired) electrons. The highest BCUT2D eigenvalue weighted by Gasteiger charge is 2.27. The topological polar surface area (TPSA) is 69.4 Å². The van der Waals surface area contributed by atoms with Crippen molar-refractivity contribution in [2.24, 2.45) is 11.7 Å². The van der Waals surface area contributed by atoms with E-state index in [4.69, 9.17) is 22.1 Å². The molecule has 2 rings (SSSR count). The lowest BCUT2D eigenvalue weighted by Crippen LogP contribution is -2.37. The maximum atomic E-state index is 12.1. The van der Waals surface area contributed by atoms with Crippen LogP contribution in [0.25, 0.3) is 0 Å². The standard InChI is InChI=1S/C12H16ClNO3S/c13-10-1-3-11(4-2-10)18(15,16)8-12(14)9-5-6-17-7-9/h1-4,9,12H,5-8,14H2. The summed E-state index contributed by atoms with van der Waals surface area (Å²) in [6, 6.07) is 5.77. The van der Waals surface area contributed by atoms with Crippen LogP contribution in [0.1, 0.15) is 6.42 Å². The third-order valence-corrected chi connectivity index (χ3v) is 5.22. The Kier molecular flexibility index (Phi) is 4.27. The van der Waals surface area contributed by atoms with Crippen molar-refractivity contribution < 1.29 is 13.2 Å². The molecule has 18 heavy (non-hydrogen) atoms. The van der Waals surface area contributed by atoms with Gasteiger partial charge in [-0.05, 0) is 30.7 Å². The number of benzene rings is 1. The number of ether oxygens (including phenoxy) is 1. The second-order valence-electron chi connectivity index (χ2n) is 4.52. The van der Waals surface area contributed by atoms with Crippen LogP contribution < -0.4 is 5.73 Å². The highest BCUT2D eigenvalue weighted by Crippen LogP contribution is 2.20. The van der Waals surface area contributed by atoms with Crippen LogP contribution in [0.5, 0.6) is 0 Å². The van der Waals surface area contributed by atoms with E-state index in [1.165, 1.54) is 12.1 Å².